The first-order chi connectivity index (χ1) is 4.02. The zero-order chi connectivity index (χ0) is 7.07. The zero-order valence-corrected chi connectivity index (χ0v) is 6.86. The molecule has 1 rings (SSSR count). The highest BCUT2D eigenvalue weighted by Crippen LogP contribution is 2.40. The molecule has 1 unspecified atom stereocenters. The first kappa shape index (κ1) is 6.85. The molecule has 0 aliphatic heterocycles. The lowest BCUT2D eigenvalue weighted by Gasteiger charge is -2.23. The predicted octanol–water partition coefficient (Wildman–Crippen LogP) is 3.00. The van der Waals surface area contributed by atoms with Gasteiger partial charge in [0, 0.05) is 0 Å². The van der Waals surface area contributed by atoms with Gasteiger partial charge in [-0.2, -0.15) is 0 Å². The van der Waals surface area contributed by atoms with Crippen LogP contribution in [-0.4, -0.2) is 0 Å². The van der Waals surface area contributed by atoms with Crippen LogP contribution in [0.4, 0.5) is 0 Å². The lowest BCUT2D eigenvalue weighted by atomic mass is 9.82. The van der Waals surface area contributed by atoms with E-state index in [1.165, 1.54) is 6.42 Å². The van der Waals surface area contributed by atoms with Gasteiger partial charge < -0.3 is 0 Å². The molecule has 0 spiro atoms. The molecular weight excluding hydrogens is 108 g/mol. The molecule has 0 N–H and O–H groups in total. The van der Waals surface area contributed by atoms with Crippen LogP contribution in [0.2, 0.25) is 0 Å². The van der Waals surface area contributed by atoms with Gasteiger partial charge in [0.25, 0.3) is 0 Å². The summed E-state index contributed by atoms with van der Waals surface area (Å²) in [6.45, 7) is 9.21. The van der Waals surface area contributed by atoms with E-state index in [4.69, 9.17) is 0 Å². The molecule has 1 aliphatic rings. The monoisotopic (exact) mass is 124 g/mol. The minimum Gasteiger partial charge on any atom is -0.0822 e. The van der Waals surface area contributed by atoms with Crippen molar-refractivity contribution in [1.29, 1.82) is 0 Å². The molecule has 1 aliphatic carbocycles. The van der Waals surface area contributed by atoms with Gasteiger partial charge in [-0.05, 0) is 24.7 Å². The summed E-state index contributed by atoms with van der Waals surface area (Å²) in [5.74, 6) is 0.775. The van der Waals surface area contributed by atoms with Crippen LogP contribution in [0.1, 0.15) is 34.1 Å². The molecule has 0 nitrogen and oxygen atoms in total. The van der Waals surface area contributed by atoms with E-state index in [0.717, 1.165) is 5.92 Å². The van der Waals surface area contributed by atoms with Crippen molar-refractivity contribution in [3.63, 3.8) is 0 Å². The highest BCUT2D eigenvalue weighted by Gasteiger charge is 2.29. The quantitative estimate of drug-likeness (QED) is 0.435. The molecule has 0 aromatic heterocycles. The van der Waals surface area contributed by atoms with Gasteiger partial charge >= 0.3 is 0 Å². The molecule has 0 heteroatoms. The largest absolute Gasteiger partial charge is 0.0822 e. The van der Waals surface area contributed by atoms with E-state index in [9.17, 15) is 0 Å². The molecule has 0 saturated heterocycles. The number of hydrogen-bond acceptors (Lipinski definition) is 0. The zero-order valence-electron chi connectivity index (χ0n) is 6.86. The molecule has 52 valence electrons. The van der Waals surface area contributed by atoms with Gasteiger partial charge in [-0.15, -0.1) is 0 Å². The van der Waals surface area contributed by atoms with E-state index >= 15 is 0 Å². The molecular formula is C9H16. The van der Waals surface area contributed by atoms with Crippen molar-refractivity contribution in [2.24, 2.45) is 11.3 Å². The predicted molar refractivity (Wildman–Crippen MR) is 41.3 cm³/mol. The van der Waals surface area contributed by atoms with E-state index < -0.39 is 0 Å². The van der Waals surface area contributed by atoms with Gasteiger partial charge in [-0.3, -0.25) is 0 Å². The van der Waals surface area contributed by atoms with Crippen molar-refractivity contribution in [2.45, 2.75) is 34.1 Å². The summed E-state index contributed by atoms with van der Waals surface area (Å²) in [5, 5.41) is 0. The topological polar surface area (TPSA) is 0 Å². The van der Waals surface area contributed by atoms with Gasteiger partial charge in [0.05, 0.1) is 0 Å². The van der Waals surface area contributed by atoms with E-state index in [1.54, 1.807) is 5.57 Å². The molecule has 1 atom stereocenters. The van der Waals surface area contributed by atoms with E-state index in [1.807, 2.05) is 0 Å². The van der Waals surface area contributed by atoms with Gasteiger partial charge in [-0.1, -0.05) is 32.4 Å². The Bertz CT molecular complexity index is 140. The lowest BCUT2D eigenvalue weighted by Crippen LogP contribution is -2.14. The number of hydrogen-bond donors (Lipinski definition) is 0. The average molecular weight is 124 g/mol. The van der Waals surface area contributed by atoms with Crippen LogP contribution in [-0.2, 0) is 0 Å². The minimum atomic E-state index is 0.532. The summed E-state index contributed by atoms with van der Waals surface area (Å²) in [7, 11) is 0. The molecule has 9 heavy (non-hydrogen) atoms. The standard InChI is InChI=1S/C9H16/c1-7-5-8(2)9(3,4)6-7/h5,8H,6H2,1-4H3. The third-order valence-corrected chi connectivity index (χ3v) is 2.50. The number of rotatable bonds is 0. The maximum Gasteiger partial charge on any atom is -0.0205 e. The smallest absolute Gasteiger partial charge is 0.0205 e. The Morgan fingerprint density at radius 3 is 2.22 bits per heavy atom. The summed E-state index contributed by atoms with van der Waals surface area (Å²) in [5.41, 5.74) is 2.09. The molecule has 0 radical (unpaired) electrons. The molecule has 0 bridgehead atoms. The highest BCUT2D eigenvalue weighted by molar-refractivity contribution is 5.13. The van der Waals surface area contributed by atoms with Crippen LogP contribution in [0.15, 0.2) is 11.6 Å². The highest BCUT2D eigenvalue weighted by atomic mass is 14.3. The van der Waals surface area contributed by atoms with Crippen molar-refractivity contribution in [1.82, 2.24) is 0 Å². The van der Waals surface area contributed by atoms with E-state index in [0.29, 0.717) is 5.41 Å². The lowest BCUT2D eigenvalue weighted by molar-refractivity contribution is 0.301. The van der Waals surface area contributed by atoms with Crippen LogP contribution < -0.4 is 0 Å². The first-order valence-corrected chi connectivity index (χ1v) is 3.70. The minimum absolute atomic E-state index is 0.532. The Morgan fingerprint density at radius 2 is 2.11 bits per heavy atom. The summed E-state index contributed by atoms with van der Waals surface area (Å²) < 4.78 is 0. The Kier molecular flexibility index (Phi) is 1.42. The maximum absolute atomic E-state index is 2.39. The fourth-order valence-electron chi connectivity index (χ4n) is 1.59. The second-order valence-electron chi connectivity index (χ2n) is 3.97. The first-order valence-electron chi connectivity index (χ1n) is 3.70. The Labute approximate surface area is 58.0 Å². The van der Waals surface area contributed by atoms with Gasteiger partial charge in [0.1, 0.15) is 0 Å². The van der Waals surface area contributed by atoms with Crippen molar-refractivity contribution < 1.29 is 0 Å². The molecule has 0 heterocycles. The van der Waals surface area contributed by atoms with Gasteiger partial charge in [0.15, 0.2) is 0 Å². The molecule has 0 aromatic carbocycles. The Morgan fingerprint density at radius 1 is 1.56 bits per heavy atom. The average Bonchev–Trinajstić information content (AvgIpc) is 1.79. The van der Waals surface area contributed by atoms with Crippen LogP contribution >= 0.6 is 0 Å². The maximum atomic E-state index is 2.39. The van der Waals surface area contributed by atoms with Crippen molar-refractivity contribution in [3.05, 3.63) is 11.6 Å². The second-order valence-corrected chi connectivity index (χ2v) is 3.97. The second kappa shape index (κ2) is 1.86. The SMILES string of the molecule is CC1=CC(C)C(C)(C)C1. The van der Waals surface area contributed by atoms with Crippen LogP contribution in [0.25, 0.3) is 0 Å². The summed E-state index contributed by atoms with van der Waals surface area (Å²) in [4.78, 5) is 0. The molecule has 0 aromatic rings. The molecule has 0 amide bonds. The molecule has 0 fully saturated rings. The normalized spacial score (nSPS) is 32.4. The molecule has 0 saturated carbocycles. The van der Waals surface area contributed by atoms with Gasteiger partial charge in [0.2, 0.25) is 0 Å². The van der Waals surface area contributed by atoms with Crippen LogP contribution in [0.5, 0.6) is 0 Å². The van der Waals surface area contributed by atoms with Crippen molar-refractivity contribution in [3.8, 4) is 0 Å². The van der Waals surface area contributed by atoms with Crippen LogP contribution in [0, 0.1) is 11.3 Å². The van der Waals surface area contributed by atoms with Crippen molar-refractivity contribution >= 4 is 0 Å². The fourth-order valence-corrected chi connectivity index (χ4v) is 1.59. The Hall–Kier alpha value is -0.260. The van der Waals surface area contributed by atoms with Gasteiger partial charge in [-0.25, -0.2) is 0 Å². The fraction of sp³-hybridized carbons (Fsp3) is 0.778. The van der Waals surface area contributed by atoms with Crippen molar-refractivity contribution in [2.75, 3.05) is 0 Å². The Balaban J connectivity index is 2.71. The summed E-state index contributed by atoms with van der Waals surface area (Å²) >= 11 is 0. The number of allylic oxidation sites excluding steroid dienone is 2. The third-order valence-electron chi connectivity index (χ3n) is 2.50. The summed E-state index contributed by atoms with van der Waals surface area (Å²) in [6.07, 6.45) is 3.67. The van der Waals surface area contributed by atoms with E-state index in [-0.39, 0.29) is 0 Å². The third kappa shape index (κ3) is 1.17. The van der Waals surface area contributed by atoms with Crippen LogP contribution in [0.3, 0.4) is 0 Å². The summed E-state index contributed by atoms with van der Waals surface area (Å²) in [6, 6.07) is 0. The van der Waals surface area contributed by atoms with E-state index in [2.05, 4.69) is 33.8 Å².